The van der Waals surface area contributed by atoms with Gasteiger partial charge in [-0.15, -0.1) is 0 Å². The van der Waals surface area contributed by atoms with Crippen molar-refractivity contribution in [3.63, 3.8) is 0 Å². The normalized spacial score (nSPS) is 20.3. The van der Waals surface area contributed by atoms with Crippen LogP contribution in [0.1, 0.15) is 60.3 Å². The van der Waals surface area contributed by atoms with Gasteiger partial charge in [0.1, 0.15) is 0 Å². The molecule has 1 heterocycles. The van der Waals surface area contributed by atoms with Crippen molar-refractivity contribution in [3.8, 4) is 11.5 Å². The van der Waals surface area contributed by atoms with E-state index in [-0.39, 0.29) is 28.0 Å². The maximum Gasteiger partial charge on any atom is 0.261 e. The molecule has 4 rings (SSSR count). The highest BCUT2D eigenvalue weighted by Gasteiger charge is 2.51. The minimum atomic E-state index is -2.72. The zero-order chi connectivity index (χ0) is 33.8. The van der Waals surface area contributed by atoms with Gasteiger partial charge in [0.25, 0.3) is 8.32 Å². The zero-order valence-electron chi connectivity index (χ0n) is 29.9. The van der Waals surface area contributed by atoms with Gasteiger partial charge in [-0.05, 0) is 45.7 Å². The molecule has 0 aliphatic carbocycles. The zero-order valence-corrected chi connectivity index (χ0v) is 31.9. The molecule has 0 bridgehead atoms. The second-order valence-electron chi connectivity index (χ2n) is 15.2. The van der Waals surface area contributed by atoms with E-state index in [4.69, 9.17) is 27.8 Å². The van der Waals surface area contributed by atoms with Crippen molar-refractivity contribution in [2.45, 2.75) is 84.0 Å². The van der Waals surface area contributed by atoms with E-state index in [2.05, 4.69) is 122 Å². The Morgan fingerprint density at radius 3 is 1.83 bits per heavy atom. The molecular formula is C38H56O6Si2. The maximum absolute atomic E-state index is 7.39. The third-order valence-corrected chi connectivity index (χ3v) is 19.4. The minimum Gasteiger partial charge on any atom is -0.493 e. The highest BCUT2D eigenvalue weighted by molar-refractivity contribution is 6.99. The quantitative estimate of drug-likeness (QED) is 0.183. The van der Waals surface area contributed by atoms with Gasteiger partial charge in [-0.1, -0.05) is 115 Å². The number of methoxy groups -OCH3 is 2. The Morgan fingerprint density at radius 1 is 0.761 bits per heavy atom. The lowest BCUT2D eigenvalue weighted by Crippen LogP contribution is -2.67. The van der Waals surface area contributed by atoms with Gasteiger partial charge in [0.05, 0.1) is 26.9 Å². The molecule has 0 unspecified atom stereocenters. The summed E-state index contributed by atoms with van der Waals surface area (Å²) in [6.45, 7) is 22.3. The molecule has 0 amide bonds. The topological polar surface area (TPSA) is 55.4 Å². The molecular weight excluding hydrogens is 609 g/mol. The maximum atomic E-state index is 7.39. The monoisotopic (exact) mass is 664 g/mol. The molecule has 1 aliphatic heterocycles. The number of hydrogen-bond acceptors (Lipinski definition) is 6. The summed E-state index contributed by atoms with van der Waals surface area (Å²) in [5.41, 5.74) is 0.895. The number of rotatable bonds is 12. The summed E-state index contributed by atoms with van der Waals surface area (Å²) in [6, 6.07) is 27.5. The average Bonchev–Trinajstić information content (AvgIpc) is 3.03. The first-order valence-electron chi connectivity index (χ1n) is 16.5. The number of hydrogen-bond donors (Lipinski definition) is 0. The van der Waals surface area contributed by atoms with Crippen LogP contribution in [0.2, 0.25) is 23.2 Å². The van der Waals surface area contributed by atoms with Gasteiger partial charge in [0.15, 0.2) is 26.1 Å². The molecule has 3 aromatic carbocycles. The fraction of sp³-hybridized carbons (Fsp3) is 0.526. The van der Waals surface area contributed by atoms with Crippen molar-refractivity contribution < 1.29 is 27.8 Å². The standard InChI is InChI=1S/C38H56O6Si2/c1-28(25-43-46(38(5,6)7,31-18-14-12-15-19-31)32-20-16-13-17-21-32)35-30(27-42-45(10,11)37(2,3)4)26-41-36(44-35)29-22-23-33(39-8)34(24-29)40-9/h12-24,28,30,35-36H,25-27H2,1-11H3/t28-,30+,35+,36-/m1/s1. The molecule has 3 aromatic rings. The number of benzene rings is 3. The second kappa shape index (κ2) is 14.7. The average molecular weight is 665 g/mol. The second-order valence-corrected chi connectivity index (χ2v) is 24.3. The fourth-order valence-electron chi connectivity index (χ4n) is 6.16. The van der Waals surface area contributed by atoms with Crippen LogP contribution >= 0.6 is 0 Å². The Labute approximate surface area is 280 Å². The van der Waals surface area contributed by atoms with Gasteiger partial charge in [0, 0.05) is 30.6 Å². The van der Waals surface area contributed by atoms with Crippen molar-refractivity contribution >= 4 is 27.0 Å². The Bertz CT molecular complexity index is 1340. The third-order valence-electron chi connectivity index (χ3n) is 9.89. The van der Waals surface area contributed by atoms with Crippen molar-refractivity contribution in [1.82, 2.24) is 0 Å². The Kier molecular flexibility index (Phi) is 11.7. The molecule has 46 heavy (non-hydrogen) atoms. The molecule has 252 valence electrons. The molecule has 0 N–H and O–H groups in total. The highest BCUT2D eigenvalue weighted by atomic mass is 28.4. The third kappa shape index (κ3) is 7.80. The minimum absolute atomic E-state index is 0.0586. The molecule has 6 nitrogen and oxygen atoms in total. The smallest absolute Gasteiger partial charge is 0.261 e. The molecule has 0 radical (unpaired) electrons. The van der Waals surface area contributed by atoms with E-state index >= 15 is 0 Å². The van der Waals surface area contributed by atoms with Gasteiger partial charge < -0.3 is 27.8 Å². The predicted octanol–water partition coefficient (Wildman–Crippen LogP) is 7.97. The van der Waals surface area contributed by atoms with Crippen LogP contribution in [0, 0.1) is 11.8 Å². The SMILES string of the molecule is COc1ccc([C@@H]2OC[C@@H](CO[Si](C)(C)C(C)(C)C)[C@H]([C@H](C)CO[Si](c3ccccc3)(c3ccccc3)C(C)(C)C)O2)cc1OC. The van der Waals surface area contributed by atoms with Crippen LogP contribution in [-0.4, -0.2) is 56.8 Å². The van der Waals surface area contributed by atoms with Crippen LogP contribution in [0.5, 0.6) is 11.5 Å². The van der Waals surface area contributed by atoms with Crippen LogP contribution < -0.4 is 19.8 Å². The van der Waals surface area contributed by atoms with E-state index in [1.807, 2.05) is 18.2 Å². The van der Waals surface area contributed by atoms with Crippen LogP contribution in [-0.2, 0) is 18.3 Å². The molecule has 0 saturated carbocycles. The van der Waals surface area contributed by atoms with E-state index in [1.165, 1.54) is 10.4 Å². The Balaban J connectivity index is 1.67. The first-order valence-corrected chi connectivity index (χ1v) is 21.3. The summed E-state index contributed by atoms with van der Waals surface area (Å²) in [5.74, 6) is 1.45. The molecule has 1 aliphatic rings. The van der Waals surface area contributed by atoms with E-state index in [9.17, 15) is 0 Å². The first kappa shape index (κ1) is 36.4. The van der Waals surface area contributed by atoms with Crippen LogP contribution in [0.15, 0.2) is 78.9 Å². The van der Waals surface area contributed by atoms with Gasteiger partial charge in [0.2, 0.25) is 0 Å². The molecule has 0 aromatic heterocycles. The molecule has 0 spiro atoms. The van der Waals surface area contributed by atoms with E-state index in [1.54, 1.807) is 14.2 Å². The van der Waals surface area contributed by atoms with Crippen LogP contribution in [0.25, 0.3) is 0 Å². The summed E-state index contributed by atoms with van der Waals surface area (Å²) in [6.07, 6.45) is -0.681. The van der Waals surface area contributed by atoms with Crippen molar-refractivity contribution in [2.24, 2.45) is 11.8 Å². The predicted molar refractivity (Wildman–Crippen MR) is 192 cm³/mol. The Morgan fingerprint density at radius 2 is 1.33 bits per heavy atom. The van der Waals surface area contributed by atoms with E-state index in [0.29, 0.717) is 31.3 Å². The summed E-state index contributed by atoms with van der Waals surface area (Å²) in [7, 11) is -1.42. The van der Waals surface area contributed by atoms with Crippen LogP contribution in [0.4, 0.5) is 0 Å². The highest BCUT2D eigenvalue weighted by Crippen LogP contribution is 2.41. The lowest BCUT2D eigenvalue weighted by atomic mass is 9.92. The molecule has 1 saturated heterocycles. The lowest BCUT2D eigenvalue weighted by molar-refractivity contribution is -0.258. The first-order chi connectivity index (χ1) is 21.6. The number of ether oxygens (including phenoxy) is 4. The fourth-order valence-corrected chi connectivity index (χ4v) is 11.9. The molecule has 1 fully saturated rings. The van der Waals surface area contributed by atoms with Gasteiger partial charge in [-0.25, -0.2) is 0 Å². The molecule has 8 heteroatoms. The summed E-state index contributed by atoms with van der Waals surface area (Å²) in [4.78, 5) is 0. The van der Waals surface area contributed by atoms with Gasteiger partial charge in [-0.2, -0.15) is 0 Å². The van der Waals surface area contributed by atoms with E-state index < -0.39 is 22.9 Å². The van der Waals surface area contributed by atoms with Crippen molar-refractivity contribution in [1.29, 1.82) is 0 Å². The summed E-state index contributed by atoms with van der Waals surface area (Å²) < 4.78 is 38.5. The molecule has 4 atom stereocenters. The largest absolute Gasteiger partial charge is 0.493 e. The van der Waals surface area contributed by atoms with Gasteiger partial charge >= 0.3 is 0 Å². The van der Waals surface area contributed by atoms with Gasteiger partial charge in [-0.3, -0.25) is 0 Å². The summed E-state index contributed by atoms with van der Waals surface area (Å²) in [5, 5.41) is 2.54. The van der Waals surface area contributed by atoms with Crippen molar-refractivity contribution in [2.75, 3.05) is 34.0 Å². The van der Waals surface area contributed by atoms with E-state index in [0.717, 1.165) is 5.56 Å². The van der Waals surface area contributed by atoms with Crippen molar-refractivity contribution in [3.05, 3.63) is 84.4 Å². The van der Waals surface area contributed by atoms with Crippen LogP contribution in [0.3, 0.4) is 0 Å². The lowest BCUT2D eigenvalue weighted by Gasteiger charge is -2.45. The Hall–Kier alpha value is -2.47. The summed E-state index contributed by atoms with van der Waals surface area (Å²) >= 11 is 0.